The first-order chi connectivity index (χ1) is 12.5. The van der Waals surface area contributed by atoms with E-state index in [2.05, 4.69) is 6.58 Å². The van der Waals surface area contributed by atoms with E-state index in [0.29, 0.717) is 25.4 Å². The maximum absolute atomic E-state index is 12.5. The average Bonchev–Trinajstić information content (AvgIpc) is 3.10. The van der Waals surface area contributed by atoms with Crippen LogP contribution in [-0.4, -0.2) is 41.6 Å². The molecule has 3 saturated carbocycles. The van der Waals surface area contributed by atoms with Crippen LogP contribution in [0.15, 0.2) is 12.2 Å². The maximum atomic E-state index is 12.5. The molecule has 5 aliphatic rings. The van der Waals surface area contributed by atoms with Crippen molar-refractivity contribution in [3.05, 3.63) is 12.2 Å². The van der Waals surface area contributed by atoms with Crippen molar-refractivity contribution < 1.29 is 28.9 Å². The summed E-state index contributed by atoms with van der Waals surface area (Å²) in [5.41, 5.74) is -0.0661. The van der Waals surface area contributed by atoms with Crippen LogP contribution in [0.4, 0.5) is 0 Å². The van der Waals surface area contributed by atoms with E-state index >= 15 is 0 Å². The van der Waals surface area contributed by atoms with Crippen molar-refractivity contribution in [1.82, 2.24) is 0 Å². The van der Waals surface area contributed by atoms with Crippen LogP contribution in [0.2, 0.25) is 0 Å². The van der Waals surface area contributed by atoms with Crippen LogP contribution in [-0.2, 0) is 23.8 Å². The van der Waals surface area contributed by atoms with Gasteiger partial charge in [0.05, 0.1) is 24.0 Å². The number of rotatable bonds is 3. The number of carbonyl (C=O) groups excluding carboxylic acids is 2. The fraction of sp³-hybridized carbons (Fsp3) is 0.810. The van der Waals surface area contributed by atoms with E-state index in [-0.39, 0.29) is 29.3 Å². The van der Waals surface area contributed by atoms with Gasteiger partial charge in [0.15, 0.2) is 0 Å². The molecule has 0 aromatic carbocycles. The van der Waals surface area contributed by atoms with Gasteiger partial charge in [-0.3, -0.25) is 9.59 Å². The summed E-state index contributed by atoms with van der Waals surface area (Å²) in [5, 5.41) is 9.85. The van der Waals surface area contributed by atoms with Crippen LogP contribution in [0.1, 0.15) is 53.4 Å². The summed E-state index contributed by atoms with van der Waals surface area (Å²) in [6.45, 7) is 11.7. The first-order valence-electron chi connectivity index (χ1n) is 9.95. The Morgan fingerprint density at radius 1 is 1.41 bits per heavy atom. The van der Waals surface area contributed by atoms with Crippen LogP contribution < -0.4 is 0 Å². The summed E-state index contributed by atoms with van der Waals surface area (Å²) in [7, 11) is 0. The van der Waals surface area contributed by atoms with E-state index in [4.69, 9.17) is 14.2 Å². The Kier molecular flexibility index (Phi) is 4.07. The Morgan fingerprint density at radius 3 is 2.67 bits per heavy atom. The lowest BCUT2D eigenvalue weighted by Crippen LogP contribution is -2.58. The van der Waals surface area contributed by atoms with Gasteiger partial charge < -0.3 is 19.3 Å². The molecule has 0 unspecified atom stereocenters. The minimum Gasteiger partial charge on any atom is -0.457 e. The van der Waals surface area contributed by atoms with Gasteiger partial charge in [0, 0.05) is 18.3 Å². The quantitative estimate of drug-likeness (QED) is 0.600. The number of aliphatic hydroxyl groups excluding tert-OH is 1. The Morgan fingerprint density at radius 2 is 2.11 bits per heavy atom. The Hall–Kier alpha value is -1.40. The first-order valence-corrected chi connectivity index (χ1v) is 9.95. The second kappa shape index (κ2) is 5.80. The molecule has 6 nitrogen and oxygen atoms in total. The highest BCUT2D eigenvalue weighted by atomic mass is 16.7. The summed E-state index contributed by atoms with van der Waals surface area (Å²) in [6.07, 6.45) is 1.97. The number of hydrogen-bond donors (Lipinski definition) is 1. The number of aliphatic hydroxyl groups is 1. The van der Waals surface area contributed by atoms with Crippen molar-refractivity contribution >= 4 is 11.9 Å². The summed E-state index contributed by atoms with van der Waals surface area (Å²) in [5.74, 6) is -0.878. The standard InChI is InChI=1S/C21H30O6/c1-11-8-21(27-17(11)23)9-20(10-25-21)14-6-15(20)12(2)16(7-14)26-18(24)19(4,5)13(3)22/h11,13-16,22H,2,6-10H2,1,3-5H3/t11-,13-,14+,15-,16-,20-,21+/m0/s1. The van der Waals surface area contributed by atoms with Crippen molar-refractivity contribution in [2.45, 2.75) is 71.4 Å². The van der Waals surface area contributed by atoms with Crippen LogP contribution >= 0.6 is 0 Å². The average molecular weight is 378 g/mol. The zero-order valence-corrected chi connectivity index (χ0v) is 16.6. The van der Waals surface area contributed by atoms with Gasteiger partial charge in [-0.15, -0.1) is 0 Å². The molecule has 2 bridgehead atoms. The number of fused-ring (bicyclic) bond motifs is 2. The summed E-state index contributed by atoms with van der Waals surface area (Å²) >= 11 is 0. The van der Waals surface area contributed by atoms with Crippen molar-refractivity contribution in [2.75, 3.05) is 6.61 Å². The van der Waals surface area contributed by atoms with Gasteiger partial charge in [-0.1, -0.05) is 13.5 Å². The minimum atomic E-state index is -0.950. The third-order valence-corrected chi connectivity index (χ3v) is 7.72. The van der Waals surface area contributed by atoms with Gasteiger partial charge >= 0.3 is 11.9 Å². The first kappa shape index (κ1) is 18.9. The van der Waals surface area contributed by atoms with Crippen molar-refractivity contribution in [3.63, 3.8) is 0 Å². The fourth-order valence-corrected chi connectivity index (χ4v) is 5.37. The molecule has 0 aromatic heterocycles. The highest BCUT2D eigenvalue weighted by Crippen LogP contribution is 2.68. The van der Waals surface area contributed by atoms with Crippen molar-refractivity contribution in [2.24, 2.45) is 28.6 Å². The molecule has 2 saturated heterocycles. The predicted octanol–water partition coefficient (Wildman–Crippen LogP) is 2.59. The van der Waals surface area contributed by atoms with Crippen LogP contribution in [0.25, 0.3) is 0 Å². The van der Waals surface area contributed by atoms with Gasteiger partial charge in [-0.25, -0.2) is 0 Å². The third kappa shape index (κ3) is 2.59. The molecule has 7 atom stereocenters. The molecule has 3 aliphatic carbocycles. The van der Waals surface area contributed by atoms with E-state index in [1.54, 1.807) is 20.8 Å². The zero-order valence-electron chi connectivity index (χ0n) is 16.6. The number of hydrogen-bond acceptors (Lipinski definition) is 6. The van der Waals surface area contributed by atoms with Crippen LogP contribution in [0.5, 0.6) is 0 Å². The topological polar surface area (TPSA) is 82.1 Å². The second-order valence-corrected chi connectivity index (χ2v) is 9.72. The molecule has 6 heteroatoms. The smallest absolute Gasteiger partial charge is 0.314 e. The van der Waals surface area contributed by atoms with E-state index in [1.807, 2.05) is 6.92 Å². The molecular formula is C21H30O6. The second-order valence-electron chi connectivity index (χ2n) is 9.72. The zero-order chi connectivity index (χ0) is 19.8. The highest BCUT2D eigenvalue weighted by molar-refractivity contribution is 5.77. The lowest BCUT2D eigenvalue weighted by molar-refractivity contribution is -0.192. The van der Waals surface area contributed by atoms with Gasteiger partial charge in [0.25, 0.3) is 0 Å². The van der Waals surface area contributed by atoms with Gasteiger partial charge in [-0.05, 0) is 51.0 Å². The number of ether oxygens (including phenoxy) is 3. The maximum Gasteiger partial charge on any atom is 0.314 e. The Balaban J connectivity index is 1.46. The summed E-state index contributed by atoms with van der Waals surface area (Å²) < 4.78 is 17.4. The van der Waals surface area contributed by atoms with E-state index in [0.717, 1.165) is 18.4 Å². The molecule has 2 heterocycles. The molecule has 0 radical (unpaired) electrons. The van der Waals surface area contributed by atoms with Crippen LogP contribution in [0, 0.1) is 28.6 Å². The Labute approximate surface area is 160 Å². The molecule has 150 valence electrons. The molecule has 1 N–H and O–H groups in total. The van der Waals surface area contributed by atoms with E-state index in [1.165, 1.54) is 0 Å². The molecule has 5 fully saturated rings. The molecule has 0 amide bonds. The molecule has 0 aromatic rings. The van der Waals surface area contributed by atoms with Gasteiger partial charge in [0.2, 0.25) is 5.79 Å². The third-order valence-electron chi connectivity index (χ3n) is 7.72. The number of esters is 2. The van der Waals surface area contributed by atoms with Crippen molar-refractivity contribution in [3.8, 4) is 0 Å². The monoisotopic (exact) mass is 378 g/mol. The normalized spacial score (nSPS) is 44.3. The largest absolute Gasteiger partial charge is 0.457 e. The summed E-state index contributed by atoms with van der Waals surface area (Å²) in [6, 6.07) is 0. The molecular weight excluding hydrogens is 348 g/mol. The fourth-order valence-electron chi connectivity index (χ4n) is 5.37. The summed E-state index contributed by atoms with van der Waals surface area (Å²) in [4.78, 5) is 24.4. The Bertz CT molecular complexity index is 697. The minimum absolute atomic E-state index is 0.0515. The van der Waals surface area contributed by atoms with E-state index < -0.39 is 23.3 Å². The molecule has 5 rings (SSSR count). The molecule has 2 spiro atoms. The lowest BCUT2D eigenvalue weighted by atomic mass is 9.44. The number of carbonyl (C=O) groups is 2. The molecule has 2 aliphatic heterocycles. The van der Waals surface area contributed by atoms with E-state index in [9.17, 15) is 14.7 Å². The SMILES string of the molecule is C=C1[C@@H](OC(=O)C(C)(C)[C@H](C)O)C[C@H]2C[C@@H]1[C@@]21CO[C@@]2(C[C@H](C)C(=O)O2)C1. The molecule has 27 heavy (non-hydrogen) atoms. The van der Waals surface area contributed by atoms with Crippen molar-refractivity contribution in [1.29, 1.82) is 0 Å². The van der Waals surface area contributed by atoms with Crippen LogP contribution in [0.3, 0.4) is 0 Å². The predicted molar refractivity (Wildman–Crippen MR) is 96.3 cm³/mol. The highest BCUT2D eigenvalue weighted by Gasteiger charge is 2.69. The lowest BCUT2D eigenvalue weighted by Gasteiger charge is -2.60. The van der Waals surface area contributed by atoms with Gasteiger partial charge in [-0.2, -0.15) is 0 Å². The van der Waals surface area contributed by atoms with Gasteiger partial charge in [0.1, 0.15) is 6.10 Å².